The number of nitrogens with zero attached hydrogens (tertiary/aromatic N) is 1. The Morgan fingerprint density at radius 3 is 2.90 bits per heavy atom. The molecule has 0 amide bonds. The summed E-state index contributed by atoms with van der Waals surface area (Å²) in [6.07, 6.45) is 2.65. The van der Waals surface area contributed by atoms with Gasteiger partial charge in [-0.25, -0.2) is 0 Å². The van der Waals surface area contributed by atoms with Gasteiger partial charge in [-0.1, -0.05) is 17.3 Å². The molecule has 0 heterocycles. The third-order valence-corrected chi connectivity index (χ3v) is 3.34. The van der Waals surface area contributed by atoms with Gasteiger partial charge in [0.1, 0.15) is 11.8 Å². The lowest BCUT2D eigenvalue weighted by molar-refractivity contribution is -0.142. The Balaban J connectivity index is 2.24. The fourth-order valence-corrected chi connectivity index (χ4v) is 2.38. The standard InChI is InChI=1S/C15H17NO4/c1-3-20-14(17)9-11-5-4-10-8-12(19-2)6-7-13(10)15(11)16-18/h5-8,15H,3-4,9H2,1-2H3. The lowest BCUT2D eigenvalue weighted by Crippen LogP contribution is -2.14. The van der Waals surface area contributed by atoms with E-state index in [0.717, 1.165) is 16.9 Å². The van der Waals surface area contributed by atoms with Gasteiger partial charge in [-0.2, -0.15) is 0 Å². The second-order valence-electron chi connectivity index (χ2n) is 4.54. The molecule has 0 bridgehead atoms. The molecule has 1 unspecified atom stereocenters. The molecule has 0 spiro atoms. The van der Waals surface area contributed by atoms with Crippen LogP contribution in [0.25, 0.3) is 0 Å². The van der Waals surface area contributed by atoms with Crippen molar-refractivity contribution in [2.24, 2.45) is 5.18 Å². The molecular formula is C15H17NO4. The summed E-state index contributed by atoms with van der Waals surface area (Å²) in [7, 11) is 1.60. The fraction of sp³-hybridized carbons (Fsp3) is 0.400. The Morgan fingerprint density at radius 1 is 1.45 bits per heavy atom. The van der Waals surface area contributed by atoms with Gasteiger partial charge in [-0.15, -0.1) is 4.91 Å². The van der Waals surface area contributed by atoms with E-state index in [2.05, 4.69) is 5.18 Å². The minimum absolute atomic E-state index is 0.107. The highest BCUT2D eigenvalue weighted by Crippen LogP contribution is 2.36. The maximum atomic E-state index is 11.6. The maximum Gasteiger partial charge on any atom is 0.309 e. The van der Waals surface area contributed by atoms with Gasteiger partial charge in [0.05, 0.1) is 20.1 Å². The Labute approximate surface area is 117 Å². The van der Waals surface area contributed by atoms with Crippen LogP contribution in [-0.2, 0) is 16.0 Å². The number of hydrogen-bond acceptors (Lipinski definition) is 5. The summed E-state index contributed by atoms with van der Waals surface area (Å²) in [5.41, 5.74) is 2.54. The number of carbonyl (C=O) groups is 1. The van der Waals surface area contributed by atoms with Crippen molar-refractivity contribution in [2.45, 2.75) is 25.8 Å². The average molecular weight is 275 g/mol. The molecule has 1 aromatic carbocycles. The van der Waals surface area contributed by atoms with Crippen LogP contribution in [-0.4, -0.2) is 19.7 Å². The Hall–Kier alpha value is -2.17. The molecule has 0 aromatic heterocycles. The molecular weight excluding hydrogens is 258 g/mol. The monoisotopic (exact) mass is 275 g/mol. The van der Waals surface area contributed by atoms with Crippen LogP contribution in [0.2, 0.25) is 0 Å². The van der Waals surface area contributed by atoms with E-state index < -0.39 is 6.04 Å². The van der Waals surface area contributed by atoms with E-state index in [1.54, 1.807) is 20.1 Å². The number of nitroso groups, excluding NO2 is 1. The van der Waals surface area contributed by atoms with Crippen LogP contribution < -0.4 is 4.74 Å². The van der Waals surface area contributed by atoms with E-state index in [4.69, 9.17) is 9.47 Å². The van der Waals surface area contributed by atoms with Gasteiger partial charge in [-0.05, 0) is 42.2 Å². The smallest absolute Gasteiger partial charge is 0.309 e. The van der Waals surface area contributed by atoms with Crippen LogP contribution in [0, 0.1) is 4.91 Å². The van der Waals surface area contributed by atoms with Gasteiger partial charge in [0.15, 0.2) is 0 Å². The number of allylic oxidation sites excluding steroid dienone is 1. The third-order valence-electron chi connectivity index (χ3n) is 3.34. The van der Waals surface area contributed by atoms with Crippen molar-refractivity contribution in [2.75, 3.05) is 13.7 Å². The zero-order valence-corrected chi connectivity index (χ0v) is 11.6. The van der Waals surface area contributed by atoms with E-state index in [1.807, 2.05) is 18.2 Å². The lowest BCUT2D eigenvalue weighted by atomic mass is 9.86. The van der Waals surface area contributed by atoms with Crippen LogP contribution in [0.4, 0.5) is 0 Å². The van der Waals surface area contributed by atoms with Crippen molar-refractivity contribution in [3.63, 3.8) is 0 Å². The number of fused-ring (bicyclic) bond motifs is 1. The first-order valence-electron chi connectivity index (χ1n) is 6.53. The normalized spacial score (nSPS) is 16.9. The zero-order chi connectivity index (χ0) is 14.5. The van der Waals surface area contributed by atoms with Crippen LogP contribution in [0.3, 0.4) is 0 Å². The molecule has 5 nitrogen and oxygen atoms in total. The molecule has 0 fully saturated rings. The van der Waals surface area contributed by atoms with E-state index in [-0.39, 0.29) is 12.4 Å². The highest BCUT2D eigenvalue weighted by atomic mass is 16.5. The molecule has 0 N–H and O–H groups in total. The summed E-state index contributed by atoms with van der Waals surface area (Å²) < 4.78 is 10.1. The summed E-state index contributed by atoms with van der Waals surface area (Å²) in [6.45, 7) is 2.09. The second-order valence-corrected chi connectivity index (χ2v) is 4.54. The van der Waals surface area contributed by atoms with Gasteiger partial charge in [0, 0.05) is 0 Å². The minimum Gasteiger partial charge on any atom is -0.497 e. The van der Waals surface area contributed by atoms with E-state index in [0.29, 0.717) is 18.6 Å². The van der Waals surface area contributed by atoms with E-state index in [9.17, 15) is 9.70 Å². The first-order valence-corrected chi connectivity index (χ1v) is 6.53. The van der Waals surface area contributed by atoms with Crippen LogP contribution in [0.1, 0.15) is 30.5 Å². The lowest BCUT2D eigenvalue weighted by Gasteiger charge is -2.22. The minimum atomic E-state index is -0.617. The Kier molecular flexibility index (Phi) is 4.50. The summed E-state index contributed by atoms with van der Waals surface area (Å²) in [4.78, 5) is 22.7. The Bertz CT molecular complexity index is 551. The third kappa shape index (κ3) is 2.87. The number of rotatable bonds is 5. The fourth-order valence-electron chi connectivity index (χ4n) is 2.38. The topological polar surface area (TPSA) is 65.0 Å². The zero-order valence-electron chi connectivity index (χ0n) is 11.6. The number of methoxy groups -OCH3 is 1. The summed E-state index contributed by atoms with van der Waals surface area (Å²) in [5, 5.41) is 3.17. The molecule has 1 atom stereocenters. The number of esters is 1. The van der Waals surface area contributed by atoms with E-state index >= 15 is 0 Å². The Morgan fingerprint density at radius 2 is 2.25 bits per heavy atom. The average Bonchev–Trinajstić information content (AvgIpc) is 2.46. The van der Waals surface area contributed by atoms with Crippen LogP contribution >= 0.6 is 0 Å². The van der Waals surface area contributed by atoms with Gasteiger partial charge in [0.25, 0.3) is 0 Å². The highest BCUT2D eigenvalue weighted by molar-refractivity contribution is 5.73. The largest absolute Gasteiger partial charge is 0.497 e. The first kappa shape index (κ1) is 14.2. The summed E-state index contributed by atoms with van der Waals surface area (Å²) >= 11 is 0. The molecule has 0 aliphatic heterocycles. The molecule has 106 valence electrons. The molecule has 2 rings (SSSR count). The van der Waals surface area contributed by atoms with Gasteiger partial charge in [-0.3, -0.25) is 4.79 Å². The second kappa shape index (κ2) is 6.32. The molecule has 20 heavy (non-hydrogen) atoms. The number of ether oxygens (including phenoxy) is 2. The van der Waals surface area contributed by atoms with Crippen LogP contribution in [0.5, 0.6) is 5.75 Å². The molecule has 1 aliphatic carbocycles. The predicted octanol–water partition coefficient (Wildman–Crippen LogP) is 2.94. The SMILES string of the molecule is CCOC(=O)CC1=CCc2cc(OC)ccc2C1N=O. The number of hydrogen-bond donors (Lipinski definition) is 0. The molecule has 1 aromatic rings. The van der Waals surface area contributed by atoms with Gasteiger partial charge >= 0.3 is 5.97 Å². The van der Waals surface area contributed by atoms with Crippen molar-refractivity contribution in [3.8, 4) is 5.75 Å². The molecule has 0 radical (unpaired) electrons. The molecule has 5 heteroatoms. The molecule has 0 saturated heterocycles. The number of carbonyl (C=O) groups excluding carboxylic acids is 1. The number of benzene rings is 1. The van der Waals surface area contributed by atoms with Crippen molar-refractivity contribution < 1.29 is 14.3 Å². The molecule has 1 aliphatic rings. The predicted molar refractivity (Wildman–Crippen MR) is 74.6 cm³/mol. The van der Waals surface area contributed by atoms with Crippen molar-refractivity contribution >= 4 is 5.97 Å². The van der Waals surface area contributed by atoms with Gasteiger partial charge < -0.3 is 9.47 Å². The van der Waals surface area contributed by atoms with Gasteiger partial charge in [0.2, 0.25) is 0 Å². The maximum absolute atomic E-state index is 11.6. The first-order chi connectivity index (χ1) is 9.69. The van der Waals surface area contributed by atoms with Crippen molar-refractivity contribution in [1.29, 1.82) is 0 Å². The summed E-state index contributed by atoms with van der Waals surface area (Å²) in [6, 6.07) is 4.91. The van der Waals surface area contributed by atoms with Crippen molar-refractivity contribution in [1.82, 2.24) is 0 Å². The van der Waals surface area contributed by atoms with E-state index in [1.165, 1.54) is 0 Å². The summed E-state index contributed by atoms with van der Waals surface area (Å²) in [5.74, 6) is 0.417. The van der Waals surface area contributed by atoms with Crippen molar-refractivity contribution in [3.05, 3.63) is 45.9 Å². The quantitative estimate of drug-likeness (QED) is 0.471. The highest BCUT2D eigenvalue weighted by Gasteiger charge is 2.26. The van der Waals surface area contributed by atoms with Crippen LogP contribution in [0.15, 0.2) is 35.0 Å². The molecule has 0 saturated carbocycles.